The molecule has 1 aromatic rings. The second-order valence-electron chi connectivity index (χ2n) is 9.94. The molecule has 0 amide bonds. The van der Waals surface area contributed by atoms with Crippen LogP contribution in [0, 0.1) is 0 Å². The Bertz CT molecular complexity index is 1280. The fourth-order valence-electron chi connectivity index (χ4n) is 3.62. The van der Waals surface area contributed by atoms with E-state index in [0.717, 1.165) is 0 Å². The summed E-state index contributed by atoms with van der Waals surface area (Å²) in [5.41, 5.74) is -6.14. The third-order valence-corrected chi connectivity index (χ3v) is 8.81. The molecule has 13 nitrogen and oxygen atoms in total. The van der Waals surface area contributed by atoms with Crippen molar-refractivity contribution in [2.24, 2.45) is 0 Å². The van der Waals surface area contributed by atoms with Gasteiger partial charge in [-0.15, -0.1) is 0 Å². The summed E-state index contributed by atoms with van der Waals surface area (Å²) in [6.07, 6.45) is -10.7. The Kier molecular flexibility index (Phi) is 11.9. The third-order valence-electron chi connectivity index (χ3n) is 5.64. The number of hydrogen-bond acceptors (Lipinski definition) is 10. The minimum Gasteiger partial charge on any atom is -0.462 e. The van der Waals surface area contributed by atoms with Crippen LogP contribution in [-0.2, 0) is 40.1 Å². The predicted molar refractivity (Wildman–Crippen MR) is 144 cm³/mol. The first-order chi connectivity index (χ1) is 19.2. The summed E-state index contributed by atoms with van der Waals surface area (Å²) >= 11 is 11.0. The Morgan fingerprint density at radius 3 is 2.02 bits per heavy atom. The Labute approximate surface area is 247 Å². The number of hydrogen-bond donors (Lipinski definition) is 4. The molecule has 5 unspecified atom stereocenters. The molecule has 0 aliphatic carbocycles. The molecule has 0 aromatic carbocycles. The van der Waals surface area contributed by atoms with Gasteiger partial charge in [0.2, 0.25) is 6.23 Å². The number of H-pyrrole nitrogens is 1. The van der Waals surface area contributed by atoms with Gasteiger partial charge in [0.25, 0.3) is 12.0 Å². The van der Waals surface area contributed by atoms with Gasteiger partial charge < -0.3 is 23.8 Å². The van der Waals surface area contributed by atoms with E-state index in [9.17, 15) is 33.1 Å². The number of nitrogens with zero attached hydrogens (tertiary/aromatic N) is 1. The number of aliphatic hydroxyl groups is 1. The number of aliphatic hydroxyl groups excluding tert-OH is 1. The van der Waals surface area contributed by atoms with Gasteiger partial charge in [-0.05, 0) is 53.3 Å². The SMILES string of the molecule is CC(C)OC(=O)C(C)NP(=S)(NC(C)C(=O)OC(C)C)OCC1(C(F)F)OC(n2cc(Cl)c(=O)[nH]c2=O)C(F)(F)C1O. The average Bonchev–Trinajstić information content (AvgIpc) is 3.05. The molecule has 0 radical (unpaired) electrons. The van der Waals surface area contributed by atoms with Crippen LogP contribution in [0.25, 0.3) is 0 Å². The zero-order valence-corrected chi connectivity index (χ0v) is 25.7. The van der Waals surface area contributed by atoms with Crippen molar-refractivity contribution in [3.8, 4) is 0 Å². The van der Waals surface area contributed by atoms with Crippen LogP contribution in [-0.4, -0.2) is 81.5 Å². The summed E-state index contributed by atoms with van der Waals surface area (Å²) in [6.45, 7) is 3.25. The van der Waals surface area contributed by atoms with E-state index in [-0.39, 0.29) is 4.57 Å². The topological polar surface area (TPSA) is 170 Å². The zero-order chi connectivity index (χ0) is 32.4. The fraction of sp³-hybridized carbons (Fsp3) is 0.727. The highest BCUT2D eigenvalue weighted by atomic mass is 35.5. The molecule has 2 rings (SSSR count). The summed E-state index contributed by atoms with van der Waals surface area (Å²) < 4.78 is 80.0. The molecule has 20 heteroatoms. The van der Waals surface area contributed by atoms with Crippen molar-refractivity contribution in [2.45, 2.75) is 96.1 Å². The van der Waals surface area contributed by atoms with Crippen LogP contribution >= 0.6 is 18.2 Å². The first-order valence-corrected chi connectivity index (χ1v) is 15.5. The first kappa shape index (κ1) is 36.3. The van der Waals surface area contributed by atoms with E-state index in [4.69, 9.17) is 42.1 Å². The predicted octanol–water partition coefficient (Wildman–Crippen LogP) is 1.82. The van der Waals surface area contributed by atoms with Crippen LogP contribution in [0.3, 0.4) is 0 Å². The van der Waals surface area contributed by atoms with Gasteiger partial charge in [-0.3, -0.25) is 23.9 Å². The summed E-state index contributed by atoms with van der Waals surface area (Å²) in [6, 6.07) is -2.51. The van der Waals surface area contributed by atoms with E-state index in [1.54, 1.807) is 32.7 Å². The number of carbonyl (C=O) groups excluding carboxylic acids is 2. The Morgan fingerprint density at radius 1 is 1.12 bits per heavy atom. The van der Waals surface area contributed by atoms with Gasteiger partial charge in [-0.2, -0.15) is 8.78 Å². The van der Waals surface area contributed by atoms with Gasteiger partial charge in [0, 0.05) is 6.20 Å². The van der Waals surface area contributed by atoms with Gasteiger partial charge in [-0.25, -0.2) is 23.7 Å². The van der Waals surface area contributed by atoms with Crippen molar-refractivity contribution in [2.75, 3.05) is 6.61 Å². The molecule has 240 valence electrons. The van der Waals surface area contributed by atoms with E-state index >= 15 is 8.78 Å². The van der Waals surface area contributed by atoms with Crippen LogP contribution in [0.1, 0.15) is 47.8 Å². The van der Waals surface area contributed by atoms with Crippen molar-refractivity contribution in [1.29, 1.82) is 0 Å². The van der Waals surface area contributed by atoms with Crippen molar-refractivity contribution in [3.63, 3.8) is 0 Å². The molecule has 0 bridgehead atoms. The van der Waals surface area contributed by atoms with Gasteiger partial charge in [0.05, 0.1) is 18.8 Å². The molecule has 42 heavy (non-hydrogen) atoms. The molecule has 0 saturated carbocycles. The average molecular weight is 671 g/mol. The normalized spacial score (nSPS) is 24.9. The summed E-state index contributed by atoms with van der Waals surface area (Å²) in [5, 5.41) is 14.8. The number of aromatic amines is 1. The lowest BCUT2D eigenvalue weighted by atomic mass is 9.96. The molecule has 4 N–H and O–H groups in total. The lowest BCUT2D eigenvalue weighted by molar-refractivity contribution is -0.191. The highest BCUT2D eigenvalue weighted by Gasteiger charge is 2.71. The van der Waals surface area contributed by atoms with E-state index < -0.39 is 96.0 Å². The highest BCUT2D eigenvalue weighted by Crippen LogP contribution is 2.52. The number of esters is 2. The first-order valence-electron chi connectivity index (χ1n) is 12.4. The molecule has 0 spiro atoms. The van der Waals surface area contributed by atoms with Crippen molar-refractivity contribution in [3.05, 3.63) is 32.1 Å². The largest absolute Gasteiger partial charge is 0.462 e. The number of alkyl halides is 4. The maximum absolute atomic E-state index is 15.2. The zero-order valence-electron chi connectivity index (χ0n) is 23.2. The number of ether oxygens (including phenoxy) is 3. The Hall–Kier alpha value is -1.92. The lowest BCUT2D eigenvalue weighted by Crippen LogP contribution is -2.55. The van der Waals surface area contributed by atoms with E-state index in [1.807, 2.05) is 0 Å². The number of halogens is 5. The van der Waals surface area contributed by atoms with Crippen LogP contribution in [0.4, 0.5) is 17.6 Å². The van der Waals surface area contributed by atoms with Crippen molar-refractivity contribution in [1.82, 2.24) is 19.7 Å². The minimum atomic E-state index is -4.56. The van der Waals surface area contributed by atoms with Crippen molar-refractivity contribution >= 4 is 41.9 Å². The monoisotopic (exact) mass is 670 g/mol. The molecule has 5 atom stereocenters. The van der Waals surface area contributed by atoms with Crippen LogP contribution < -0.4 is 21.4 Å². The second kappa shape index (κ2) is 13.8. The maximum atomic E-state index is 15.2. The summed E-state index contributed by atoms with van der Waals surface area (Å²) in [5.74, 6) is -6.25. The van der Waals surface area contributed by atoms with Gasteiger partial charge >= 0.3 is 23.6 Å². The van der Waals surface area contributed by atoms with Crippen molar-refractivity contribution < 1.29 is 51.0 Å². The highest BCUT2D eigenvalue weighted by molar-refractivity contribution is 8.10. The van der Waals surface area contributed by atoms with Crippen LogP contribution in [0.5, 0.6) is 0 Å². The summed E-state index contributed by atoms with van der Waals surface area (Å²) in [4.78, 5) is 50.2. The lowest BCUT2D eigenvalue weighted by Gasteiger charge is -2.35. The number of nitrogens with one attached hydrogen (secondary N) is 3. The van der Waals surface area contributed by atoms with Gasteiger partial charge in [0.1, 0.15) is 17.1 Å². The molecule has 1 aliphatic heterocycles. The molecule has 1 fully saturated rings. The smallest absolute Gasteiger partial charge is 0.330 e. The number of carbonyl (C=O) groups is 2. The second-order valence-corrected chi connectivity index (χ2v) is 13.8. The summed E-state index contributed by atoms with van der Waals surface area (Å²) in [7, 11) is 0. The molecule has 1 aromatic heterocycles. The van der Waals surface area contributed by atoms with Gasteiger partial charge in [-0.1, -0.05) is 11.6 Å². The quantitative estimate of drug-likeness (QED) is 0.137. The third kappa shape index (κ3) is 8.16. The van der Waals surface area contributed by atoms with E-state index in [1.165, 1.54) is 13.8 Å². The fourth-order valence-corrected chi connectivity index (χ4v) is 6.72. The number of aromatic nitrogens is 2. The molecular formula is C22H32ClF4N4O9PS. The standard InChI is InChI=1S/C22H32ClF4N4O9PS/c1-9(2)38-15(33)11(5)29-41(42,30-12(6)16(34)39-10(3)4)37-8-21(18(24)25)17(35)22(26,27)19(40-21)31-7-13(23)14(32)28-20(31)36/h7,9-12,17-19,35H,8H2,1-6H3,(H,28,32,36)(H2,29,30,42). The van der Waals surface area contributed by atoms with Crippen LogP contribution in [0.2, 0.25) is 5.02 Å². The Morgan fingerprint density at radius 2 is 1.60 bits per heavy atom. The maximum Gasteiger partial charge on any atom is 0.330 e. The molecule has 1 saturated heterocycles. The Balaban J connectivity index is 2.48. The van der Waals surface area contributed by atoms with E-state index in [2.05, 4.69) is 10.2 Å². The molecule has 1 aliphatic rings. The van der Waals surface area contributed by atoms with Crippen LogP contribution in [0.15, 0.2) is 15.8 Å². The minimum absolute atomic E-state index is 0.0393. The van der Waals surface area contributed by atoms with Gasteiger partial charge in [0.15, 0.2) is 18.3 Å². The number of rotatable bonds is 13. The van der Waals surface area contributed by atoms with E-state index in [0.29, 0.717) is 6.20 Å². The molecular weight excluding hydrogens is 639 g/mol. The molecule has 2 heterocycles.